The number of carbonyl (C=O) groups is 1. The zero-order chi connectivity index (χ0) is 15.4. The Bertz CT molecular complexity index is 660. The molecule has 0 spiro atoms. The van der Waals surface area contributed by atoms with E-state index in [4.69, 9.17) is 12.2 Å². The SMILES string of the molecule is CC(C)CNC(=O)C(C)n1c(-c2ccccc2)n[nH]c1=S. The third-order valence-corrected chi connectivity index (χ3v) is 3.48. The van der Waals surface area contributed by atoms with Gasteiger partial charge in [-0.15, -0.1) is 0 Å². The van der Waals surface area contributed by atoms with Gasteiger partial charge in [-0.2, -0.15) is 5.10 Å². The van der Waals surface area contributed by atoms with Crippen LogP contribution in [0.15, 0.2) is 30.3 Å². The number of benzene rings is 1. The molecule has 0 fully saturated rings. The van der Waals surface area contributed by atoms with E-state index >= 15 is 0 Å². The molecule has 1 amide bonds. The minimum Gasteiger partial charge on any atom is -0.354 e. The Morgan fingerprint density at radius 2 is 2.00 bits per heavy atom. The largest absolute Gasteiger partial charge is 0.354 e. The van der Waals surface area contributed by atoms with Crippen LogP contribution in [0.2, 0.25) is 0 Å². The molecule has 0 radical (unpaired) electrons. The molecule has 1 heterocycles. The second-order valence-corrected chi connectivity index (χ2v) is 5.79. The highest BCUT2D eigenvalue weighted by Crippen LogP contribution is 2.20. The van der Waals surface area contributed by atoms with Crippen molar-refractivity contribution in [2.75, 3.05) is 6.54 Å². The smallest absolute Gasteiger partial charge is 0.242 e. The van der Waals surface area contributed by atoms with Gasteiger partial charge in [0.1, 0.15) is 6.04 Å². The van der Waals surface area contributed by atoms with Crippen molar-refractivity contribution in [3.63, 3.8) is 0 Å². The van der Waals surface area contributed by atoms with Crippen molar-refractivity contribution in [3.05, 3.63) is 35.1 Å². The maximum atomic E-state index is 12.3. The number of hydrogen-bond acceptors (Lipinski definition) is 3. The van der Waals surface area contributed by atoms with E-state index in [1.54, 1.807) is 4.57 Å². The molecule has 0 saturated heterocycles. The Morgan fingerprint density at radius 1 is 1.33 bits per heavy atom. The number of aromatic amines is 1. The third kappa shape index (κ3) is 3.58. The standard InChI is InChI=1S/C15H20N4OS/c1-10(2)9-16-14(20)11(3)19-13(17-18-15(19)21)12-7-5-4-6-8-12/h4-8,10-11H,9H2,1-3H3,(H,16,20)(H,18,21). The highest BCUT2D eigenvalue weighted by Gasteiger charge is 2.20. The highest BCUT2D eigenvalue weighted by molar-refractivity contribution is 7.71. The monoisotopic (exact) mass is 304 g/mol. The van der Waals surface area contributed by atoms with Crippen molar-refractivity contribution in [2.45, 2.75) is 26.8 Å². The maximum Gasteiger partial charge on any atom is 0.242 e. The Balaban J connectivity index is 2.30. The molecule has 6 heteroatoms. The Kier molecular flexibility index (Phi) is 4.90. The van der Waals surface area contributed by atoms with Crippen LogP contribution in [-0.2, 0) is 4.79 Å². The maximum absolute atomic E-state index is 12.3. The van der Waals surface area contributed by atoms with E-state index in [1.807, 2.05) is 37.3 Å². The summed E-state index contributed by atoms with van der Waals surface area (Å²) in [5.74, 6) is 1.03. The summed E-state index contributed by atoms with van der Waals surface area (Å²) < 4.78 is 2.20. The van der Waals surface area contributed by atoms with Gasteiger partial charge in [0.05, 0.1) is 0 Å². The molecule has 2 aromatic rings. The molecule has 1 unspecified atom stereocenters. The van der Waals surface area contributed by atoms with Gasteiger partial charge in [0, 0.05) is 12.1 Å². The Morgan fingerprint density at radius 3 is 2.62 bits per heavy atom. The number of hydrogen-bond donors (Lipinski definition) is 2. The van der Waals surface area contributed by atoms with Crippen LogP contribution in [0.3, 0.4) is 0 Å². The number of H-pyrrole nitrogens is 1. The lowest BCUT2D eigenvalue weighted by Crippen LogP contribution is -2.33. The first-order valence-corrected chi connectivity index (χ1v) is 7.41. The summed E-state index contributed by atoms with van der Waals surface area (Å²) in [6.45, 7) is 6.59. The van der Waals surface area contributed by atoms with E-state index in [0.717, 1.165) is 5.56 Å². The first kappa shape index (κ1) is 15.4. The Hall–Kier alpha value is -1.95. The van der Waals surface area contributed by atoms with Crippen LogP contribution in [0.1, 0.15) is 26.8 Å². The van der Waals surface area contributed by atoms with Crippen molar-refractivity contribution in [2.24, 2.45) is 5.92 Å². The van der Waals surface area contributed by atoms with Gasteiger partial charge in [-0.25, -0.2) is 0 Å². The van der Waals surface area contributed by atoms with E-state index in [2.05, 4.69) is 29.4 Å². The summed E-state index contributed by atoms with van der Waals surface area (Å²) in [6.07, 6.45) is 0. The molecule has 2 N–H and O–H groups in total. The van der Waals surface area contributed by atoms with E-state index < -0.39 is 6.04 Å². The summed E-state index contributed by atoms with van der Waals surface area (Å²) in [5, 5.41) is 9.95. The minimum atomic E-state index is -0.412. The number of nitrogens with one attached hydrogen (secondary N) is 2. The second-order valence-electron chi connectivity index (χ2n) is 5.40. The zero-order valence-electron chi connectivity index (χ0n) is 12.5. The Labute approximate surface area is 129 Å². The average Bonchev–Trinajstić information content (AvgIpc) is 2.86. The average molecular weight is 304 g/mol. The summed E-state index contributed by atoms with van der Waals surface area (Å²) in [5.41, 5.74) is 0.924. The number of carbonyl (C=O) groups excluding carboxylic acids is 1. The molecule has 0 aliphatic carbocycles. The van der Waals surface area contributed by atoms with E-state index in [0.29, 0.717) is 23.1 Å². The van der Waals surface area contributed by atoms with Crippen LogP contribution in [0.4, 0.5) is 0 Å². The minimum absolute atomic E-state index is 0.0571. The molecule has 0 bridgehead atoms. The van der Waals surface area contributed by atoms with Crippen LogP contribution < -0.4 is 5.32 Å². The topological polar surface area (TPSA) is 62.7 Å². The normalized spacial score (nSPS) is 12.4. The highest BCUT2D eigenvalue weighted by atomic mass is 32.1. The zero-order valence-corrected chi connectivity index (χ0v) is 13.3. The predicted octanol–water partition coefficient (Wildman–Crippen LogP) is 2.94. The van der Waals surface area contributed by atoms with Crippen molar-refractivity contribution >= 4 is 18.1 Å². The molecule has 1 aromatic heterocycles. The number of amides is 1. The summed E-state index contributed by atoms with van der Waals surface area (Å²) in [6, 6.07) is 9.28. The summed E-state index contributed by atoms with van der Waals surface area (Å²) >= 11 is 5.27. The molecular formula is C15H20N4OS. The van der Waals surface area contributed by atoms with E-state index in [9.17, 15) is 4.79 Å². The lowest BCUT2D eigenvalue weighted by atomic mass is 10.2. The lowest BCUT2D eigenvalue weighted by molar-refractivity contribution is -0.124. The van der Waals surface area contributed by atoms with Gasteiger partial charge >= 0.3 is 0 Å². The molecule has 21 heavy (non-hydrogen) atoms. The van der Waals surface area contributed by atoms with Crippen molar-refractivity contribution in [1.82, 2.24) is 20.1 Å². The molecule has 1 aromatic carbocycles. The first-order chi connectivity index (χ1) is 10.0. The van der Waals surface area contributed by atoms with Crippen LogP contribution in [-0.4, -0.2) is 27.2 Å². The fourth-order valence-corrected chi connectivity index (χ4v) is 2.31. The summed E-state index contributed by atoms with van der Waals surface area (Å²) in [7, 11) is 0. The van der Waals surface area contributed by atoms with Gasteiger partial charge in [0.15, 0.2) is 10.6 Å². The molecule has 0 saturated carbocycles. The number of nitrogens with zero attached hydrogens (tertiary/aromatic N) is 2. The summed E-state index contributed by atoms with van der Waals surface area (Å²) in [4.78, 5) is 12.3. The third-order valence-electron chi connectivity index (χ3n) is 3.19. The fraction of sp³-hybridized carbons (Fsp3) is 0.400. The first-order valence-electron chi connectivity index (χ1n) is 7.00. The molecular weight excluding hydrogens is 284 g/mol. The van der Waals surface area contributed by atoms with Gasteiger partial charge in [-0.05, 0) is 25.1 Å². The van der Waals surface area contributed by atoms with Crippen molar-refractivity contribution < 1.29 is 4.79 Å². The molecule has 2 rings (SSSR count). The van der Waals surface area contributed by atoms with Gasteiger partial charge in [0.25, 0.3) is 0 Å². The van der Waals surface area contributed by atoms with Crippen LogP contribution in [0.5, 0.6) is 0 Å². The lowest BCUT2D eigenvalue weighted by Gasteiger charge is -2.16. The van der Waals surface area contributed by atoms with Gasteiger partial charge in [0.2, 0.25) is 5.91 Å². The van der Waals surface area contributed by atoms with Crippen LogP contribution in [0, 0.1) is 10.7 Å². The van der Waals surface area contributed by atoms with Crippen molar-refractivity contribution in [1.29, 1.82) is 0 Å². The van der Waals surface area contributed by atoms with Crippen LogP contribution in [0.25, 0.3) is 11.4 Å². The number of aromatic nitrogens is 3. The van der Waals surface area contributed by atoms with Gasteiger partial charge < -0.3 is 5.32 Å². The van der Waals surface area contributed by atoms with Crippen LogP contribution >= 0.6 is 12.2 Å². The second kappa shape index (κ2) is 6.67. The van der Waals surface area contributed by atoms with Crippen molar-refractivity contribution in [3.8, 4) is 11.4 Å². The van der Waals surface area contributed by atoms with E-state index in [-0.39, 0.29) is 5.91 Å². The molecule has 0 aliphatic rings. The molecule has 5 nitrogen and oxygen atoms in total. The van der Waals surface area contributed by atoms with E-state index in [1.165, 1.54) is 0 Å². The van der Waals surface area contributed by atoms with Gasteiger partial charge in [-0.3, -0.25) is 14.5 Å². The molecule has 1 atom stereocenters. The quantitative estimate of drug-likeness (QED) is 0.835. The number of rotatable bonds is 5. The molecule has 0 aliphatic heterocycles. The molecule has 112 valence electrons. The predicted molar refractivity (Wildman–Crippen MR) is 85.4 cm³/mol. The fourth-order valence-electron chi connectivity index (χ4n) is 2.02. The van der Waals surface area contributed by atoms with Gasteiger partial charge in [-0.1, -0.05) is 44.2 Å².